The fraction of sp³-hybridized carbons (Fsp3) is 0.933. The lowest BCUT2D eigenvalue weighted by molar-refractivity contribution is 0.0537. The Balaban J connectivity index is 1.37. The number of ether oxygens (including phenoxy) is 1. The van der Waals surface area contributed by atoms with Crippen molar-refractivity contribution in [2.24, 2.45) is 5.92 Å². The fourth-order valence-electron chi connectivity index (χ4n) is 3.12. The zero-order chi connectivity index (χ0) is 13.1. The van der Waals surface area contributed by atoms with Crippen molar-refractivity contribution in [2.45, 2.75) is 63.5 Å². The van der Waals surface area contributed by atoms with Gasteiger partial charge in [-0.15, -0.1) is 0 Å². The average Bonchev–Trinajstić information content (AvgIpc) is 3.14. The molecule has 3 rings (SSSR count). The van der Waals surface area contributed by atoms with E-state index in [1.165, 1.54) is 32.1 Å². The Hall–Kier alpha value is -0.770. The maximum absolute atomic E-state index is 12.2. The lowest BCUT2D eigenvalue weighted by Gasteiger charge is -2.26. The number of carbonyl (C=O) groups excluding carboxylic acids is 1. The average molecular weight is 266 g/mol. The second-order valence-electron chi connectivity index (χ2n) is 6.42. The SMILES string of the molecule is O=C(NC1CCCCC1)N1CCC(OCC2CC2)C1. The summed E-state index contributed by atoms with van der Waals surface area (Å²) in [6.45, 7) is 2.54. The molecule has 4 nitrogen and oxygen atoms in total. The van der Waals surface area contributed by atoms with Crippen molar-refractivity contribution in [3.63, 3.8) is 0 Å². The van der Waals surface area contributed by atoms with Crippen LogP contribution in [0.3, 0.4) is 0 Å². The largest absolute Gasteiger partial charge is 0.376 e. The molecule has 19 heavy (non-hydrogen) atoms. The number of carbonyl (C=O) groups is 1. The molecule has 1 heterocycles. The molecule has 2 aliphatic carbocycles. The van der Waals surface area contributed by atoms with Crippen LogP contribution < -0.4 is 5.32 Å². The molecule has 1 aliphatic heterocycles. The Morgan fingerprint density at radius 1 is 1.11 bits per heavy atom. The Morgan fingerprint density at radius 3 is 2.63 bits per heavy atom. The minimum absolute atomic E-state index is 0.129. The first-order chi connectivity index (χ1) is 9.31. The molecule has 108 valence electrons. The van der Waals surface area contributed by atoms with Gasteiger partial charge in [0.2, 0.25) is 0 Å². The van der Waals surface area contributed by atoms with Crippen molar-refractivity contribution < 1.29 is 9.53 Å². The minimum atomic E-state index is 0.129. The predicted molar refractivity (Wildman–Crippen MR) is 74.1 cm³/mol. The zero-order valence-electron chi connectivity index (χ0n) is 11.8. The Kier molecular flexibility index (Phi) is 4.26. The van der Waals surface area contributed by atoms with E-state index in [4.69, 9.17) is 4.74 Å². The van der Waals surface area contributed by atoms with Crippen LogP contribution in [0, 0.1) is 5.92 Å². The topological polar surface area (TPSA) is 41.6 Å². The van der Waals surface area contributed by atoms with Crippen molar-refractivity contribution in [1.82, 2.24) is 10.2 Å². The number of likely N-dealkylation sites (tertiary alicyclic amines) is 1. The number of rotatable bonds is 4. The van der Waals surface area contributed by atoms with Gasteiger partial charge in [0.15, 0.2) is 0 Å². The smallest absolute Gasteiger partial charge is 0.317 e. The highest BCUT2D eigenvalue weighted by Crippen LogP contribution is 2.30. The summed E-state index contributed by atoms with van der Waals surface area (Å²) in [5.41, 5.74) is 0. The zero-order valence-corrected chi connectivity index (χ0v) is 11.8. The Labute approximate surface area is 115 Å². The van der Waals surface area contributed by atoms with Crippen LogP contribution in [-0.2, 0) is 4.74 Å². The number of nitrogens with zero attached hydrogens (tertiary/aromatic N) is 1. The fourth-order valence-corrected chi connectivity index (χ4v) is 3.12. The number of nitrogens with one attached hydrogen (secondary N) is 1. The van der Waals surface area contributed by atoms with Gasteiger partial charge in [0.05, 0.1) is 6.10 Å². The maximum atomic E-state index is 12.2. The normalized spacial score (nSPS) is 28.6. The highest BCUT2D eigenvalue weighted by atomic mass is 16.5. The lowest BCUT2D eigenvalue weighted by Crippen LogP contribution is -2.44. The van der Waals surface area contributed by atoms with Crippen LogP contribution in [0.4, 0.5) is 4.79 Å². The van der Waals surface area contributed by atoms with Gasteiger partial charge < -0.3 is 15.0 Å². The van der Waals surface area contributed by atoms with Crippen LogP contribution in [0.1, 0.15) is 51.4 Å². The first kappa shape index (κ1) is 13.2. The lowest BCUT2D eigenvalue weighted by atomic mass is 9.96. The summed E-state index contributed by atoms with van der Waals surface area (Å²) in [6, 6.07) is 0.539. The van der Waals surface area contributed by atoms with E-state index in [0.717, 1.165) is 44.9 Å². The quantitative estimate of drug-likeness (QED) is 0.849. The standard InChI is InChI=1S/C15H26N2O2/c18-15(16-13-4-2-1-3-5-13)17-9-8-14(10-17)19-11-12-6-7-12/h12-14H,1-11H2,(H,16,18). The molecule has 0 aromatic carbocycles. The molecule has 0 aromatic rings. The van der Waals surface area contributed by atoms with Gasteiger partial charge in [-0.2, -0.15) is 0 Å². The van der Waals surface area contributed by atoms with E-state index in [9.17, 15) is 4.79 Å². The molecule has 1 unspecified atom stereocenters. The van der Waals surface area contributed by atoms with Crippen LogP contribution in [0.15, 0.2) is 0 Å². The molecule has 1 saturated heterocycles. The summed E-state index contributed by atoms with van der Waals surface area (Å²) < 4.78 is 5.88. The second kappa shape index (κ2) is 6.12. The van der Waals surface area contributed by atoms with E-state index in [2.05, 4.69) is 5.32 Å². The molecule has 1 atom stereocenters. The molecule has 2 saturated carbocycles. The summed E-state index contributed by atoms with van der Waals surface area (Å²) in [7, 11) is 0. The van der Waals surface area contributed by atoms with E-state index in [-0.39, 0.29) is 12.1 Å². The van der Waals surface area contributed by atoms with Crippen molar-refractivity contribution in [3.05, 3.63) is 0 Å². The number of hydrogen-bond donors (Lipinski definition) is 1. The number of hydrogen-bond acceptors (Lipinski definition) is 2. The van der Waals surface area contributed by atoms with Crippen molar-refractivity contribution in [2.75, 3.05) is 19.7 Å². The van der Waals surface area contributed by atoms with E-state index in [0.29, 0.717) is 6.04 Å². The second-order valence-corrected chi connectivity index (χ2v) is 6.42. The molecule has 2 amide bonds. The highest BCUT2D eigenvalue weighted by Gasteiger charge is 2.30. The molecule has 1 N–H and O–H groups in total. The molecule has 0 spiro atoms. The molecule has 3 fully saturated rings. The Morgan fingerprint density at radius 2 is 1.89 bits per heavy atom. The van der Waals surface area contributed by atoms with Crippen LogP contribution in [0.2, 0.25) is 0 Å². The highest BCUT2D eigenvalue weighted by molar-refractivity contribution is 5.74. The van der Waals surface area contributed by atoms with Crippen LogP contribution in [-0.4, -0.2) is 42.8 Å². The molecule has 3 aliphatic rings. The van der Waals surface area contributed by atoms with Gasteiger partial charge in [-0.25, -0.2) is 4.79 Å². The Bertz CT molecular complexity index is 311. The van der Waals surface area contributed by atoms with Gasteiger partial charge in [0.25, 0.3) is 0 Å². The van der Waals surface area contributed by atoms with E-state index >= 15 is 0 Å². The molecule has 0 aromatic heterocycles. The third-order valence-electron chi connectivity index (χ3n) is 4.63. The maximum Gasteiger partial charge on any atom is 0.317 e. The third kappa shape index (κ3) is 3.85. The van der Waals surface area contributed by atoms with E-state index in [1.54, 1.807) is 0 Å². The van der Waals surface area contributed by atoms with Crippen molar-refractivity contribution in [3.8, 4) is 0 Å². The monoisotopic (exact) mass is 266 g/mol. The summed E-state index contributed by atoms with van der Waals surface area (Å²) in [5, 5.41) is 3.19. The van der Waals surface area contributed by atoms with Gasteiger partial charge in [0, 0.05) is 25.7 Å². The number of urea groups is 1. The van der Waals surface area contributed by atoms with Gasteiger partial charge >= 0.3 is 6.03 Å². The van der Waals surface area contributed by atoms with Crippen LogP contribution in [0.25, 0.3) is 0 Å². The first-order valence-electron chi connectivity index (χ1n) is 7.98. The molecule has 4 heteroatoms. The van der Waals surface area contributed by atoms with Gasteiger partial charge in [-0.3, -0.25) is 0 Å². The van der Waals surface area contributed by atoms with Crippen LogP contribution >= 0.6 is 0 Å². The molecular weight excluding hydrogens is 240 g/mol. The van der Waals surface area contributed by atoms with E-state index in [1.807, 2.05) is 4.90 Å². The summed E-state index contributed by atoms with van der Waals surface area (Å²) in [6.07, 6.45) is 10.1. The van der Waals surface area contributed by atoms with Crippen LogP contribution in [0.5, 0.6) is 0 Å². The van der Waals surface area contributed by atoms with E-state index < -0.39 is 0 Å². The number of amides is 2. The van der Waals surface area contributed by atoms with Crippen molar-refractivity contribution in [1.29, 1.82) is 0 Å². The summed E-state index contributed by atoms with van der Waals surface area (Å²) >= 11 is 0. The third-order valence-corrected chi connectivity index (χ3v) is 4.63. The predicted octanol–water partition coefficient (Wildman–Crippen LogP) is 2.53. The summed E-state index contributed by atoms with van der Waals surface area (Å²) in [4.78, 5) is 14.1. The van der Waals surface area contributed by atoms with Gasteiger partial charge in [-0.1, -0.05) is 19.3 Å². The van der Waals surface area contributed by atoms with Gasteiger partial charge in [-0.05, 0) is 38.0 Å². The minimum Gasteiger partial charge on any atom is -0.376 e. The molecule has 0 bridgehead atoms. The molecule has 0 radical (unpaired) electrons. The molecular formula is C15H26N2O2. The first-order valence-corrected chi connectivity index (χ1v) is 7.98. The summed E-state index contributed by atoms with van der Waals surface area (Å²) in [5.74, 6) is 0.810. The van der Waals surface area contributed by atoms with Gasteiger partial charge in [0.1, 0.15) is 0 Å². The van der Waals surface area contributed by atoms with Crippen molar-refractivity contribution >= 4 is 6.03 Å².